The summed E-state index contributed by atoms with van der Waals surface area (Å²) >= 11 is 0. The second kappa shape index (κ2) is 6.61. The Hall–Kier alpha value is -3.90. The summed E-state index contributed by atoms with van der Waals surface area (Å²) in [6, 6.07) is 26.9. The van der Waals surface area contributed by atoms with Gasteiger partial charge in [0.1, 0.15) is 12.6 Å². The van der Waals surface area contributed by atoms with Gasteiger partial charge in [-0.25, -0.2) is 4.57 Å². The van der Waals surface area contributed by atoms with Crippen molar-refractivity contribution >= 4 is 21.9 Å². The van der Waals surface area contributed by atoms with Crippen molar-refractivity contribution in [1.82, 2.24) is 0 Å². The maximum atomic E-state index is 9.79. The Balaban J connectivity index is 1.87. The first-order valence-electron chi connectivity index (χ1n) is 9.58. The standard InChI is InChI=1S/C26H19N2O/c1-17-14-20(16-27)25-21-12-11-19(18-8-4-3-5-9-18)15-23(21)29-26(25)24(17)22-10-6-7-13-28(22)2/h3-15H,1-2H3/q+1. The van der Waals surface area contributed by atoms with Crippen molar-refractivity contribution in [3.63, 3.8) is 0 Å². The van der Waals surface area contributed by atoms with Crippen LogP contribution in [-0.2, 0) is 7.05 Å². The largest absolute Gasteiger partial charge is 0.455 e. The lowest BCUT2D eigenvalue weighted by molar-refractivity contribution is -0.660. The van der Waals surface area contributed by atoms with Crippen LogP contribution in [0.2, 0.25) is 0 Å². The summed E-state index contributed by atoms with van der Waals surface area (Å²) in [7, 11) is 2.02. The Morgan fingerprint density at radius 1 is 0.897 bits per heavy atom. The van der Waals surface area contributed by atoms with Crippen LogP contribution in [0.25, 0.3) is 44.3 Å². The summed E-state index contributed by atoms with van der Waals surface area (Å²) in [4.78, 5) is 0. The van der Waals surface area contributed by atoms with Crippen molar-refractivity contribution in [2.45, 2.75) is 6.92 Å². The molecule has 0 bridgehead atoms. The monoisotopic (exact) mass is 375 g/mol. The highest BCUT2D eigenvalue weighted by Crippen LogP contribution is 2.40. The topological polar surface area (TPSA) is 40.8 Å². The van der Waals surface area contributed by atoms with Gasteiger partial charge in [-0.3, -0.25) is 0 Å². The Labute approximate surface area is 169 Å². The van der Waals surface area contributed by atoms with Gasteiger partial charge in [0, 0.05) is 22.9 Å². The zero-order chi connectivity index (χ0) is 20.0. The molecule has 0 N–H and O–H groups in total. The molecule has 29 heavy (non-hydrogen) atoms. The Bertz CT molecular complexity index is 1420. The minimum atomic E-state index is 0.644. The Kier molecular flexibility index (Phi) is 3.93. The fraction of sp³-hybridized carbons (Fsp3) is 0.0769. The predicted octanol–water partition coefficient (Wildman–Crippen LogP) is 5.92. The molecule has 0 aliphatic carbocycles. The summed E-state index contributed by atoms with van der Waals surface area (Å²) < 4.78 is 8.49. The van der Waals surface area contributed by atoms with Crippen LogP contribution < -0.4 is 4.57 Å². The van der Waals surface area contributed by atoms with E-state index in [0.717, 1.165) is 49.9 Å². The van der Waals surface area contributed by atoms with Crippen LogP contribution >= 0.6 is 0 Å². The van der Waals surface area contributed by atoms with Gasteiger partial charge in [-0.05, 0) is 47.9 Å². The number of nitriles is 1. The zero-order valence-corrected chi connectivity index (χ0v) is 16.3. The smallest absolute Gasteiger partial charge is 0.216 e. The third kappa shape index (κ3) is 2.69. The molecule has 0 fully saturated rings. The van der Waals surface area contributed by atoms with E-state index in [1.54, 1.807) is 0 Å². The molecule has 0 aliphatic heterocycles. The number of aryl methyl sites for hydroxylation is 2. The first-order valence-corrected chi connectivity index (χ1v) is 9.58. The van der Waals surface area contributed by atoms with Crippen molar-refractivity contribution in [3.05, 3.63) is 90.1 Å². The molecule has 5 aromatic rings. The lowest BCUT2D eigenvalue weighted by Crippen LogP contribution is -2.30. The van der Waals surface area contributed by atoms with E-state index in [9.17, 15) is 5.26 Å². The number of fused-ring (bicyclic) bond motifs is 3. The highest BCUT2D eigenvalue weighted by atomic mass is 16.3. The molecule has 0 amide bonds. The molecule has 0 saturated carbocycles. The lowest BCUT2D eigenvalue weighted by Gasteiger charge is -2.06. The molecule has 3 aromatic carbocycles. The quantitative estimate of drug-likeness (QED) is 0.359. The molecule has 0 atom stereocenters. The van der Waals surface area contributed by atoms with Crippen molar-refractivity contribution in [1.29, 1.82) is 5.26 Å². The summed E-state index contributed by atoms with van der Waals surface area (Å²) in [5.74, 6) is 0. The number of hydrogen-bond donors (Lipinski definition) is 0. The number of rotatable bonds is 2. The van der Waals surface area contributed by atoms with Gasteiger partial charge in [-0.15, -0.1) is 0 Å². The SMILES string of the molecule is Cc1cc(C#N)c2c(oc3cc(-c4ccccc4)ccc32)c1-c1cccc[n+]1C. The first kappa shape index (κ1) is 17.2. The molecule has 0 unspecified atom stereocenters. The molecule has 2 aromatic heterocycles. The lowest BCUT2D eigenvalue weighted by atomic mass is 9.96. The third-order valence-electron chi connectivity index (χ3n) is 5.48. The molecular weight excluding hydrogens is 356 g/mol. The highest BCUT2D eigenvalue weighted by molar-refractivity contribution is 6.13. The van der Waals surface area contributed by atoms with Gasteiger partial charge < -0.3 is 4.42 Å². The molecule has 0 radical (unpaired) electrons. The van der Waals surface area contributed by atoms with Crippen LogP contribution in [0.5, 0.6) is 0 Å². The molecule has 0 aliphatic rings. The van der Waals surface area contributed by atoms with E-state index in [1.807, 2.05) is 56.6 Å². The van der Waals surface area contributed by atoms with E-state index in [4.69, 9.17) is 4.42 Å². The third-order valence-corrected chi connectivity index (χ3v) is 5.48. The van der Waals surface area contributed by atoms with Crippen molar-refractivity contribution in [2.75, 3.05) is 0 Å². The molecule has 0 spiro atoms. The van der Waals surface area contributed by atoms with Crippen molar-refractivity contribution in [2.24, 2.45) is 7.05 Å². The molecule has 2 heterocycles. The number of hydrogen-bond acceptors (Lipinski definition) is 2. The number of furan rings is 1. The Morgan fingerprint density at radius 2 is 1.69 bits per heavy atom. The second-order valence-electron chi connectivity index (χ2n) is 7.31. The number of aromatic nitrogens is 1. The van der Waals surface area contributed by atoms with Gasteiger partial charge in [0.2, 0.25) is 5.69 Å². The van der Waals surface area contributed by atoms with Crippen molar-refractivity contribution in [3.8, 4) is 28.5 Å². The average Bonchev–Trinajstić information content (AvgIpc) is 3.13. The fourth-order valence-electron chi connectivity index (χ4n) is 4.08. The van der Waals surface area contributed by atoms with Crippen LogP contribution in [0.4, 0.5) is 0 Å². The minimum absolute atomic E-state index is 0.644. The van der Waals surface area contributed by atoms with Gasteiger partial charge in [0.15, 0.2) is 11.8 Å². The van der Waals surface area contributed by atoms with Gasteiger partial charge in [-0.1, -0.05) is 36.4 Å². The normalized spacial score (nSPS) is 11.1. The molecule has 3 nitrogen and oxygen atoms in total. The molecule has 138 valence electrons. The first-order chi connectivity index (χ1) is 14.2. The van der Waals surface area contributed by atoms with E-state index in [2.05, 4.69) is 47.0 Å². The van der Waals surface area contributed by atoms with Gasteiger partial charge in [0.25, 0.3) is 0 Å². The average molecular weight is 375 g/mol. The van der Waals surface area contributed by atoms with Crippen LogP contribution in [0.1, 0.15) is 11.1 Å². The number of benzene rings is 3. The van der Waals surface area contributed by atoms with E-state index >= 15 is 0 Å². The predicted molar refractivity (Wildman–Crippen MR) is 115 cm³/mol. The van der Waals surface area contributed by atoms with E-state index < -0.39 is 0 Å². The molecule has 0 saturated heterocycles. The Morgan fingerprint density at radius 3 is 2.45 bits per heavy atom. The minimum Gasteiger partial charge on any atom is -0.455 e. The van der Waals surface area contributed by atoms with Crippen molar-refractivity contribution < 1.29 is 8.98 Å². The molecular formula is C26H19N2O+. The summed E-state index contributed by atoms with van der Waals surface area (Å²) in [5, 5.41) is 11.6. The number of nitrogens with zero attached hydrogens (tertiary/aromatic N) is 2. The van der Waals surface area contributed by atoms with Gasteiger partial charge >= 0.3 is 0 Å². The van der Waals surface area contributed by atoms with Crippen LogP contribution in [0, 0.1) is 18.3 Å². The molecule has 3 heteroatoms. The fourth-order valence-corrected chi connectivity index (χ4v) is 4.08. The van der Waals surface area contributed by atoms with E-state index in [1.165, 1.54) is 0 Å². The summed E-state index contributed by atoms with van der Waals surface area (Å²) in [5.41, 5.74) is 7.55. The van der Waals surface area contributed by atoms with Crippen LogP contribution in [0.15, 0.2) is 83.4 Å². The second-order valence-corrected chi connectivity index (χ2v) is 7.31. The van der Waals surface area contributed by atoms with E-state index in [0.29, 0.717) is 5.56 Å². The maximum absolute atomic E-state index is 9.79. The van der Waals surface area contributed by atoms with Crippen LogP contribution in [-0.4, -0.2) is 0 Å². The maximum Gasteiger partial charge on any atom is 0.216 e. The summed E-state index contributed by atoms with van der Waals surface area (Å²) in [6.45, 7) is 2.03. The van der Waals surface area contributed by atoms with E-state index in [-0.39, 0.29) is 0 Å². The highest BCUT2D eigenvalue weighted by Gasteiger charge is 2.23. The number of pyridine rings is 1. The molecule has 5 rings (SSSR count). The van der Waals surface area contributed by atoms with Gasteiger partial charge in [-0.2, -0.15) is 5.26 Å². The van der Waals surface area contributed by atoms with Gasteiger partial charge in [0.05, 0.1) is 17.2 Å². The summed E-state index contributed by atoms with van der Waals surface area (Å²) in [6.07, 6.45) is 2.02. The zero-order valence-electron chi connectivity index (χ0n) is 16.3. The van der Waals surface area contributed by atoms with Crippen LogP contribution in [0.3, 0.4) is 0 Å².